The maximum atomic E-state index is 9.21. The fraction of sp³-hybridized carbons (Fsp3) is 1.00. The third kappa shape index (κ3) is 2.07. The zero-order valence-corrected chi connectivity index (χ0v) is 7.07. The molecule has 0 amide bonds. The summed E-state index contributed by atoms with van der Waals surface area (Å²) in [6.07, 6.45) is -2.16. The van der Waals surface area contributed by atoms with E-state index in [-0.39, 0.29) is 6.10 Å². The molecule has 0 aromatic carbocycles. The lowest BCUT2D eigenvalue weighted by atomic mass is 10.0. The summed E-state index contributed by atoms with van der Waals surface area (Å²) in [6.45, 7) is 1.80. The highest BCUT2D eigenvalue weighted by Crippen LogP contribution is 2.21. The molecule has 4 unspecified atom stereocenters. The second kappa shape index (κ2) is 3.73. The van der Waals surface area contributed by atoms with Crippen molar-refractivity contribution in [2.24, 2.45) is 0 Å². The van der Waals surface area contributed by atoms with Crippen LogP contribution in [0.4, 0.5) is 0 Å². The van der Waals surface area contributed by atoms with Crippen molar-refractivity contribution in [2.75, 3.05) is 0 Å². The maximum Gasteiger partial charge on any atom is 0.183 e. The lowest BCUT2D eigenvalue weighted by Crippen LogP contribution is -2.47. The van der Waals surface area contributed by atoms with Crippen LogP contribution < -0.4 is 0 Å². The smallest absolute Gasteiger partial charge is 0.183 e. The van der Waals surface area contributed by atoms with Crippen LogP contribution in [0.3, 0.4) is 0 Å². The van der Waals surface area contributed by atoms with Crippen molar-refractivity contribution in [2.45, 2.75) is 37.9 Å². The highest BCUT2D eigenvalue weighted by molar-refractivity contribution is 7.75. The van der Waals surface area contributed by atoms with Gasteiger partial charge in [0.05, 0.1) is 6.10 Å². The Morgan fingerprint density at radius 1 is 1.55 bits per heavy atom. The summed E-state index contributed by atoms with van der Waals surface area (Å²) < 4.78 is 9.57. The molecule has 0 aromatic rings. The number of hydrogen-bond acceptors (Lipinski definition) is 5. The van der Waals surface area contributed by atoms with Crippen molar-refractivity contribution in [3.8, 4) is 0 Å². The van der Waals surface area contributed by atoms with Crippen molar-refractivity contribution in [1.29, 1.82) is 0 Å². The van der Waals surface area contributed by atoms with E-state index in [4.69, 9.17) is 9.84 Å². The van der Waals surface area contributed by atoms with Gasteiger partial charge in [0, 0.05) is 6.42 Å². The molecule has 2 N–H and O–H groups in total. The van der Waals surface area contributed by atoms with E-state index in [0.29, 0.717) is 6.42 Å². The van der Waals surface area contributed by atoms with E-state index in [2.05, 4.69) is 17.1 Å². The summed E-state index contributed by atoms with van der Waals surface area (Å²) in [7, 11) is 0. The zero-order chi connectivity index (χ0) is 8.43. The van der Waals surface area contributed by atoms with E-state index in [1.807, 2.05) is 0 Å². The summed E-state index contributed by atoms with van der Waals surface area (Å²) in [5.74, 6) is 0. The second-order valence-electron chi connectivity index (χ2n) is 2.71. The van der Waals surface area contributed by atoms with Gasteiger partial charge in [-0.15, -0.1) is 0 Å². The lowest BCUT2D eigenvalue weighted by molar-refractivity contribution is -0.236. The first-order valence-electron chi connectivity index (χ1n) is 3.47. The van der Waals surface area contributed by atoms with Gasteiger partial charge in [0.25, 0.3) is 0 Å². The summed E-state index contributed by atoms with van der Waals surface area (Å²) in [6, 6.07) is 0. The van der Waals surface area contributed by atoms with Gasteiger partial charge in [0.2, 0.25) is 0 Å². The predicted octanol–water partition coefficient (Wildman–Crippen LogP) is -0.296. The Labute approximate surface area is 70.7 Å². The van der Waals surface area contributed by atoms with Gasteiger partial charge in [-0.3, -0.25) is 0 Å². The van der Waals surface area contributed by atoms with E-state index in [1.54, 1.807) is 6.92 Å². The number of thiol groups is 1. The van der Waals surface area contributed by atoms with Crippen LogP contribution in [0.1, 0.15) is 13.3 Å². The minimum atomic E-state index is -1.16. The number of hydrogen-bond donors (Lipinski definition) is 3. The SMILES string of the molecule is CC1CC(OS)C(O)C(O)O1. The normalized spacial score (nSPS) is 45.8. The number of ether oxygens (including phenoxy) is 1. The van der Waals surface area contributed by atoms with Gasteiger partial charge in [-0.2, -0.15) is 0 Å². The molecule has 0 aromatic heterocycles. The molecule has 1 aliphatic heterocycles. The largest absolute Gasteiger partial charge is 0.385 e. The molecule has 4 nitrogen and oxygen atoms in total. The highest BCUT2D eigenvalue weighted by atomic mass is 32.1. The number of aliphatic hydroxyl groups excluding tert-OH is 2. The Morgan fingerprint density at radius 3 is 2.73 bits per heavy atom. The first kappa shape index (κ1) is 9.28. The van der Waals surface area contributed by atoms with Gasteiger partial charge in [0.1, 0.15) is 12.2 Å². The Kier molecular flexibility index (Phi) is 3.15. The molecule has 1 aliphatic rings. The molecule has 11 heavy (non-hydrogen) atoms. The summed E-state index contributed by atoms with van der Waals surface area (Å²) in [5.41, 5.74) is 0. The van der Waals surface area contributed by atoms with E-state index in [9.17, 15) is 5.11 Å². The Hall–Kier alpha value is 0.190. The molecule has 4 atom stereocenters. The molecule has 5 heteroatoms. The minimum absolute atomic E-state index is 0.106. The van der Waals surface area contributed by atoms with Crippen LogP contribution in [-0.2, 0) is 8.92 Å². The minimum Gasteiger partial charge on any atom is -0.385 e. The number of rotatable bonds is 1. The maximum absolute atomic E-state index is 9.21. The topological polar surface area (TPSA) is 58.9 Å². The number of aliphatic hydroxyl groups is 2. The Bertz CT molecular complexity index is 132. The Morgan fingerprint density at radius 2 is 2.18 bits per heavy atom. The van der Waals surface area contributed by atoms with Crippen LogP contribution in [0.15, 0.2) is 0 Å². The zero-order valence-electron chi connectivity index (χ0n) is 6.17. The van der Waals surface area contributed by atoms with Gasteiger partial charge in [-0.25, -0.2) is 0 Å². The highest BCUT2D eigenvalue weighted by Gasteiger charge is 2.35. The molecule has 1 heterocycles. The van der Waals surface area contributed by atoms with Crippen molar-refractivity contribution >= 4 is 12.9 Å². The molecule has 1 saturated heterocycles. The fourth-order valence-electron chi connectivity index (χ4n) is 1.13. The van der Waals surface area contributed by atoms with Gasteiger partial charge in [0.15, 0.2) is 6.29 Å². The van der Waals surface area contributed by atoms with E-state index >= 15 is 0 Å². The first-order chi connectivity index (χ1) is 5.15. The molecule has 0 radical (unpaired) electrons. The van der Waals surface area contributed by atoms with Crippen LogP contribution in [0.5, 0.6) is 0 Å². The third-order valence-electron chi connectivity index (χ3n) is 1.74. The molecular formula is C6H12O4S. The van der Waals surface area contributed by atoms with Crippen molar-refractivity contribution < 1.29 is 19.1 Å². The quantitative estimate of drug-likeness (QED) is 0.383. The standard InChI is InChI=1S/C6H12O4S/c1-3-2-4(10-11)5(7)6(8)9-3/h3-8,11H,2H2,1H3. The lowest BCUT2D eigenvalue weighted by Gasteiger charge is -2.33. The fourth-order valence-corrected chi connectivity index (χ4v) is 1.34. The van der Waals surface area contributed by atoms with E-state index < -0.39 is 18.5 Å². The van der Waals surface area contributed by atoms with E-state index in [1.165, 1.54) is 0 Å². The summed E-state index contributed by atoms with van der Waals surface area (Å²) >= 11 is 3.58. The summed E-state index contributed by atoms with van der Waals surface area (Å²) in [5, 5.41) is 18.3. The predicted molar refractivity (Wildman–Crippen MR) is 41.0 cm³/mol. The van der Waals surface area contributed by atoms with Crippen LogP contribution in [-0.4, -0.2) is 34.8 Å². The second-order valence-corrected chi connectivity index (χ2v) is 2.92. The Balaban J connectivity index is 2.51. The molecule has 0 spiro atoms. The van der Waals surface area contributed by atoms with Gasteiger partial charge >= 0.3 is 0 Å². The van der Waals surface area contributed by atoms with Crippen LogP contribution >= 0.6 is 12.9 Å². The van der Waals surface area contributed by atoms with Crippen LogP contribution in [0.2, 0.25) is 0 Å². The molecule has 1 fully saturated rings. The van der Waals surface area contributed by atoms with Gasteiger partial charge < -0.3 is 19.1 Å². The molecular weight excluding hydrogens is 168 g/mol. The van der Waals surface area contributed by atoms with Crippen LogP contribution in [0, 0.1) is 0 Å². The van der Waals surface area contributed by atoms with Crippen molar-refractivity contribution in [3.63, 3.8) is 0 Å². The third-order valence-corrected chi connectivity index (χ3v) is 2.02. The molecule has 0 aliphatic carbocycles. The van der Waals surface area contributed by atoms with Crippen LogP contribution in [0.25, 0.3) is 0 Å². The average molecular weight is 180 g/mol. The molecule has 1 rings (SSSR count). The van der Waals surface area contributed by atoms with Gasteiger partial charge in [-0.05, 0) is 19.8 Å². The molecule has 66 valence electrons. The molecule has 0 saturated carbocycles. The summed E-state index contributed by atoms with van der Waals surface area (Å²) in [4.78, 5) is 0. The average Bonchev–Trinajstić information content (AvgIpc) is 1.96. The van der Waals surface area contributed by atoms with E-state index in [0.717, 1.165) is 0 Å². The van der Waals surface area contributed by atoms with Gasteiger partial charge in [-0.1, -0.05) is 0 Å². The first-order valence-corrected chi connectivity index (χ1v) is 3.83. The molecule has 0 bridgehead atoms. The van der Waals surface area contributed by atoms with Crippen molar-refractivity contribution in [1.82, 2.24) is 0 Å². The monoisotopic (exact) mass is 180 g/mol. The van der Waals surface area contributed by atoms with Crippen molar-refractivity contribution in [3.05, 3.63) is 0 Å².